The Morgan fingerprint density at radius 3 is 2.29 bits per heavy atom. The number of nitrogens with zero attached hydrogens (tertiary/aromatic N) is 1. The zero-order valence-electron chi connectivity index (χ0n) is 8.11. The maximum atomic E-state index is 8.50. The second kappa shape index (κ2) is 5.40. The smallest absolute Gasteiger partial charge is 0.136 e. The summed E-state index contributed by atoms with van der Waals surface area (Å²) in [6, 6.07) is 7.62. The van der Waals surface area contributed by atoms with E-state index < -0.39 is 0 Å². The lowest BCUT2D eigenvalue weighted by Gasteiger charge is -2.10. The van der Waals surface area contributed by atoms with Gasteiger partial charge >= 0.3 is 0 Å². The molecular weight excluding hydrogens is 198 g/mol. The number of thioether (sulfide) groups is 1. The average Bonchev–Trinajstić information content (AvgIpc) is 2.25. The summed E-state index contributed by atoms with van der Waals surface area (Å²) in [7, 11) is 3.20. The standard InChI is InChI=1S/C10H11NO2S/c1-12-8-4-3-5-9(13-2)10(8)14-7-6-11/h3-5H,7H2,1-2H3. The van der Waals surface area contributed by atoms with E-state index in [-0.39, 0.29) is 0 Å². The van der Waals surface area contributed by atoms with Crippen molar-refractivity contribution in [3.8, 4) is 17.6 Å². The molecular formula is C10H11NO2S. The second-order valence-electron chi connectivity index (χ2n) is 2.44. The number of ether oxygens (including phenoxy) is 2. The zero-order valence-corrected chi connectivity index (χ0v) is 8.93. The van der Waals surface area contributed by atoms with E-state index in [4.69, 9.17) is 14.7 Å². The van der Waals surface area contributed by atoms with Crippen molar-refractivity contribution in [1.82, 2.24) is 0 Å². The first-order valence-corrected chi connectivity index (χ1v) is 5.02. The fourth-order valence-electron chi connectivity index (χ4n) is 1.06. The quantitative estimate of drug-likeness (QED) is 0.714. The van der Waals surface area contributed by atoms with Gasteiger partial charge in [-0.25, -0.2) is 0 Å². The molecule has 0 bridgehead atoms. The Bertz CT molecular complexity index is 324. The van der Waals surface area contributed by atoms with Gasteiger partial charge in [-0.15, -0.1) is 11.8 Å². The van der Waals surface area contributed by atoms with Crippen molar-refractivity contribution < 1.29 is 9.47 Å². The fraction of sp³-hybridized carbons (Fsp3) is 0.300. The van der Waals surface area contributed by atoms with E-state index in [0.29, 0.717) is 5.75 Å². The molecule has 0 saturated carbocycles. The van der Waals surface area contributed by atoms with E-state index in [1.165, 1.54) is 11.8 Å². The molecule has 0 unspecified atom stereocenters. The van der Waals surface area contributed by atoms with Crippen LogP contribution in [-0.2, 0) is 0 Å². The van der Waals surface area contributed by atoms with Crippen LogP contribution in [0.4, 0.5) is 0 Å². The van der Waals surface area contributed by atoms with Crippen LogP contribution >= 0.6 is 11.8 Å². The molecule has 4 heteroatoms. The van der Waals surface area contributed by atoms with Crippen molar-refractivity contribution in [3.63, 3.8) is 0 Å². The summed E-state index contributed by atoms with van der Waals surface area (Å²) in [5, 5.41) is 8.50. The minimum absolute atomic E-state index is 0.386. The van der Waals surface area contributed by atoms with Crippen LogP contribution in [0.3, 0.4) is 0 Å². The van der Waals surface area contributed by atoms with Crippen molar-refractivity contribution in [1.29, 1.82) is 5.26 Å². The summed E-state index contributed by atoms with van der Waals surface area (Å²) in [5.74, 6) is 1.87. The van der Waals surface area contributed by atoms with E-state index in [9.17, 15) is 0 Å². The predicted octanol–water partition coefficient (Wildman–Crippen LogP) is 2.32. The Kier molecular flexibility index (Phi) is 4.14. The van der Waals surface area contributed by atoms with E-state index >= 15 is 0 Å². The van der Waals surface area contributed by atoms with Crippen molar-refractivity contribution >= 4 is 11.8 Å². The number of benzene rings is 1. The third-order valence-corrected chi connectivity index (χ3v) is 2.63. The van der Waals surface area contributed by atoms with E-state index in [0.717, 1.165) is 16.4 Å². The summed E-state index contributed by atoms with van der Waals surface area (Å²) in [5.41, 5.74) is 0. The molecule has 1 rings (SSSR count). The Morgan fingerprint density at radius 2 is 1.86 bits per heavy atom. The van der Waals surface area contributed by atoms with Gasteiger partial charge in [0.2, 0.25) is 0 Å². The summed E-state index contributed by atoms with van der Waals surface area (Å²) in [6.07, 6.45) is 0. The van der Waals surface area contributed by atoms with Gasteiger partial charge in [0.05, 0.1) is 30.9 Å². The molecule has 0 saturated heterocycles. The fourth-order valence-corrected chi connectivity index (χ4v) is 1.86. The molecule has 0 heterocycles. The minimum Gasteiger partial charge on any atom is -0.495 e. The van der Waals surface area contributed by atoms with Crippen molar-refractivity contribution in [2.24, 2.45) is 0 Å². The monoisotopic (exact) mass is 209 g/mol. The van der Waals surface area contributed by atoms with Gasteiger partial charge in [-0.3, -0.25) is 0 Å². The predicted molar refractivity (Wildman–Crippen MR) is 55.9 cm³/mol. The molecule has 1 aromatic carbocycles. The highest BCUT2D eigenvalue weighted by Gasteiger charge is 2.09. The van der Waals surface area contributed by atoms with Crippen molar-refractivity contribution in [3.05, 3.63) is 18.2 Å². The van der Waals surface area contributed by atoms with Crippen LogP contribution in [0.2, 0.25) is 0 Å². The molecule has 0 amide bonds. The Hall–Kier alpha value is -1.34. The van der Waals surface area contributed by atoms with Crippen LogP contribution in [0.1, 0.15) is 0 Å². The lowest BCUT2D eigenvalue weighted by atomic mass is 10.3. The van der Waals surface area contributed by atoms with Gasteiger partial charge in [-0.05, 0) is 12.1 Å². The Balaban J connectivity index is 3.00. The summed E-state index contributed by atoms with van der Waals surface area (Å²) < 4.78 is 10.3. The normalized spacial score (nSPS) is 9.21. The van der Waals surface area contributed by atoms with Crippen LogP contribution in [-0.4, -0.2) is 20.0 Å². The molecule has 0 aliphatic carbocycles. The lowest BCUT2D eigenvalue weighted by molar-refractivity contribution is 0.376. The maximum Gasteiger partial charge on any atom is 0.136 e. The van der Waals surface area contributed by atoms with Crippen LogP contribution in [0.25, 0.3) is 0 Å². The molecule has 74 valence electrons. The SMILES string of the molecule is COc1cccc(OC)c1SCC#N. The highest BCUT2D eigenvalue weighted by atomic mass is 32.2. The zero-order chi connectivity index (χ0) is 10.4. The van der Waals surface area contributed by atoms with Crippen molar-refractivity contribution in [2.45, 2.75) is 4.90 Å². The van der Waals surface area contributed by atoms with Gasteiger partial charge in [-0.1, -0.05) is 6.07 Å². The third kappa shape index (κ3) is 2.33. The minimum atomic E-state index is 0.386. The van der Waals surface area contributed by atoms with Crippen LogP contribution in [0, 0.1) is 11.3 Å². The molecule has 3 nitrogen and oxygen atoms in total. The molecule has 0 fully saturated rings. The molecule has 0 atom stereocenters. The van der Waals surface area contributed by atoms with Gasteiger partial charge in [0.15, 0.2) is 0 Å². The van der Waals surface area contributed by atoms with Crippen LogP contribution in [0.15, 0.2) is 23.1 Å². The first-order chi connectivity index (χ1) is 6.83. The highest BCUT2D eigenvalue weighted by Crippen LogP contribution is 2.37. The molecule has 0 spiro atoms. The second-order valence-corrected chi connectivity index (χ2v) is 3.42. The third-order valence-electron chi connectivity index (χ3n) is 1.66. The Labute approximate surface area is 87.6 Å². The summed E-state index contributed by atoms with van der Waals surface area (Å²) in [6.45, 7) is 0. The van der Waals surface area contributed by atoms with Crippen molar-refractivity contribution in [2.75, 3.05) is 20.0 Å². The topological polar surface area (TPSA) is 42.2 Å². The Morgan fingerprint density at radius 1 is 1.29 bits per heavy atom. The first-order valence-electron chi connectivity index (χ1n) is 4.04. The van der Waals surface area contributed by atoms with Gasteiger partial charge < -0.3 is 9.47 Å². The molecule has 0 N–H and O–H groups in total. The van der Waals surface area contributed by atoms with E-state index in [1.54, 1.807) is 14.2 Å². The number of rotatable bonds is 4. The lowest BCUT2D eigenvalue weighted by Crippen LogP contribution is -1.91. The molecule has 0 aromatic heterocycles. The summed E-state index contributed by atoms with van der Waals surface area (Å²) in [4.78, 5) is 0.874. The number of hydrogen-bond acceptors (Lipinski definition) is 4. The highest BCUT2D eigenvalue weighted by molar-refractivity contribution is 7.99. The van der Waals surface area contributed by atoms with Gasteiger partial charge in [-0.2, -0.15) is 5.26 Å². The molecule has 0 radical (unpaired) electrons. The number of hydrogen-bond donors (Lipinski definition) is 0. The number of nitriles is 1. The number of methoxy groups -OCH3 is 2. The maximum absolute atomic E-state index is 8.50. The van der Waals surface area contributed by atoms with Gasteiger partial charge in [0.25, 0.3) is 0 Å². The van der Waals surface area contributed by atoms with Crippen LogP contribution in [0.5, 0.6) is 11.5 Å². The average molecular weight is 209 g/mol. The van der Waals surface area contributed by atoms with E-state index in [1.807, 2.05) is 18.2 Å². The molecule has 0 aliphatic rings. The van der Waals surface area contributed by atoms with Crippen LogP contribution < -0.4 is 9.47 Å². The molecule has 1 aromatic rings. The largest absolute Gasteiger partial charge is 0.495 e. The molecule has 14 heavy (non-hydrogen) atoms. The summed E-state index contributed by atoms with van der Waals surface area (Å²) >= 11 is 1.41. The van der Waals surface area contributed by atoms with Gasteiger partial charge in [0.1, 0.15) is 11.5 Å². The van der Waals surface area contributed by atoms with E-state index in [2.05, 4.69) is 6.07 Å². The molecule has 0 aliphatic heterocycles. The first kappa shape index (κ1) is 10.7. The van der Waals surface area contributed by atoms with Gasteiger partial charge in [0, 0.05) is 0 Å².